The molecule has 0 radical (unpaired) electrons. The van der Waals surface area contributed by atoms with Gasteiger partial charge >= 0.3 is 6.03 Å². The molecule has 2 heterocycles. The highest BCUT2D eigenvalue weighted by Crippen LogP contribution is 2.34. The molecule has 156 valence electrons. The quantitative estimate of drug-likeness (QED) is 0.398. The minimum absolute atomic E-state index is 0.357. The normalized spacial score (nSPS) is 10.1. The molecule has 30 heavy (non-hydrogen) atoms. The molecule has 0 atom stereocenters. The van der Waals surface area contributed by atoms with Crippen molar-refractivity contribution < 1.29 is 14.3 Å². The van der Waals surface area contributed by atoms with Crippen LogP contribution in [-0.4, -0.2) is 48.5 Å². The molecule has 0 aliphatic carbocycles. The summed E-state index contributed by atoms with van der Waals surface area (Å²) >= 11 is 0. The third-order valence-electron chi connectivity index (χ3n) is 3.95. The summed E-state index contributed by atoms with van der Waals surface area (Å²) in [5, 5.41) is 19.8. The third-order valence-corrected chi connectivity index (χ3v) is 3.95. The summed E-state index contributed by atoms with van der Waals surface area (Å²) in [6.07, 6.45) is 1.69. The van der Waals surface area contributed by atoms with E-state index >= 15 is 0 Å². The molecule has 0 aliphatic rings. The fourth-order valence-corrected chi connectivity index (χ4v) is 2.58. The predicted molar refractivity (Wildman–Crippen MR) is 115 cm³/mol. The number of para-hydroxylation sites is 1. The van der Waals surface area contributed by atoms with Gasteiger partial charge in [-0.1, -0.05) is 12.1 Å². The van der Waals surface area contributed by atoms with Crippen molar-refractivity contribution in [3.8, 4) is 11.5 Å². The molecule has 3 rings (SSSR count). The highest BCUT2D eigenvalue weighted by Gasteiger charge is 2.11. The summed E-state index contributed by atoms with van der Waals surface area (Å²) in [5.74, 6) is 2.87. The predicted octanol–water partition coefficient (Wildman–Crippen LogP) is 2.87. The fourth-order valence-electron chi connectivity index (χ4n) is 2.58. The second-order valence-corrected chi connectivity index (χ2v) is 5.99. The van der Waals surface area contributed by atoms with Gasteiger partial charge in [0.15, 0.2) is 17.3 Å². The number of hydrogen-bond acceptors (Lipinski definition) is 8. The second kappa shape index (κ2) is 10.5. The lowest BCUT2D eigenvalue weighted by atomic mass is 10.2. The number of benzene rings is 1. The maximum Gasteiger partial charge on any atom is 0.319 e. The minimum Gasteiger partial charge on any atom is -0.493 e. The first-order valence-electron chi connectivity index (χ1n) is 9.21. The molecule has 1 aromatic carbocycles. The maximum atomic E-state index is 12.1. The number of carbonyl (C=O) groups excluding carboxylic acids is 1. The van der Waals surface area contributed by atoms with Crippen LogP contribution in [0.1, 0.15) is 0 Å². The van der Waals surface area contributed by atoms with Crippen molar-refractivity contribution in [2.45, 2.75) is 0 Å². The van der Waals surface area contributed by atoms with Gasteiger partial charge < -0.3 is 30.7 Å². The number of rotatable bonds is 9. The first-order chi connectivity index (χ1) is 14.7. The van der Waals surface area contributed by atoms with Gasteiger partial charge in [0.1, 0.15) is 11.6 Å². The number of urea groups is 1. The van der Waals surface area contributed by atoms with Crippen LogP contribution in [0, 0.1) is 0 Å². The second-order valence-electron chi connectivity index (χ2n) is 5.99. The van der Waals surface area contributed by atoms with Crippen LogP contribution in [0.5, 0.6) is 11.5 Å². The maximum absolute atomic E-state index is 12.1. The third kappa shape index (κ3) is 5.71. The molecule has 2 amide bonds. The minimum atomic E-state index is -0.357. The number of pyridine rings is 1. The van der Waals surface area contributed by atoms with Crippen LogP contribution in [0.3, 0.4) is 0 Å². The Hall–Kier alpha value is -4.08. The van der Waals surface area contributed by atoms with E-state index in [-0.39, 0.29) is 6.03 Å². The van der Waals surface area contributed by atoms with Crippen molar-refractivity contribution >= 4 is 29.2 Å². The summed E-state index contributed by atoms with van der Waals surface area (Å²) in [7, 11) is 3.06. The lowest BCUT2D eigenvalue weighted by molar-refractivity contribution is 0.252. The van der Waals surface area contributed by atoms with Gasteiger partial charge in [0.25, 0.3) is 0 Å². The largest absolute Gasteiger partial charge is 0.493 e. The van der Waals surface area contributed by atoms with E-state index < -0.39 is 0 Å². The van der Waals surface area contributed by atoms with Crippen LogP contribution < -0.4 is 30.7 Å². The molecule has 10 nitrogen and oxygen atoms in total. The van der Waals surface area contributed by atoms with Crippen LogP contribution in [-0.2, 0) is 0 Å². The van der Waals surface area contributed by atoms with E-state index in [2.05, 4.69) is 36.4 Å². The lowest BCUT2D eigenvalue weighted by Crippen LogP contribution is -2.32. The summed E-state index contributed by atoms with van der Waals surface area (Å²) < 4.78 is 10.5. The number of ether oxygens (including phenoxy) is 2. The van der Waals surface area contributed by atoms with Gasteiger partial charge in [0, 0.05) is 19.3 Å². The molecular weight excluding hydrogens is 386 g/mol. The molecule has 0 bridgehead atoms. The summed E-state index contributed by atoms with van der Waals surface area (Å²) in [4.78, 5) is 16.3. The van der Waals surface area contributed by atoms with Gasteiger partial charge in [0.05, 0.1) is 19.9 Å². The Morgan fingerprint density at radius 3 is 2.43 bits per heavy atom. The van der Waals surface area contributed by atoms with Crippen LogP contribution in [0.4, 0.5) is 27.9 Å². The van der Waals surface area contributed by atoms with Crippen LogP contribution >= 0.6 is 0 Å². The number of amides is 2. The van der Waals surface area contributed by atoms with E-state index in [9.17, 15) is 4.79 Å². The van der Waals surface area contributed by atoms with E-state index in [0.717, 1.165) is 0 Å². The van der Waals surface area contributed by atoms with Crippen molar-refractivity contribution in [1.29, 1.82) is 0 Å². The highest BCUT2D eigenvalue weighted by atomic mass is 16.5. The summed E-state index contributed by atoms with van der Waals surface area (Å²) in [5.41, 5.74) is 0.518. The van der Waals surface area contributed by atoms with Crippen molar-refractivity contribution in [2.24, 2.45) is 0 Å². The van der Waals surface area contributed by atoms with Crippen molar-refractivity contribution in [1.82, 2.24) is 20.5 Å². The average Bonchev–Trinajstić information content (AvgIpc) is 2.78. The van der Waals surface area contributed by atoms with E-state index in [1.807, 2.05) is 18.2 Å². The Labute approximate surface area is 174 Å². The molecule has 0 aliphatic heterocycles. The average molecular weight is 409 g/mol. The van der Waals surface area contributed by atoms with E-state index in [0.29, 0.717) is 47.7 Å². The number of aromatic nitrogens is 3. The molecule has 0 fully saturated rings. The van der Waals surface area contributed by atoms with Crippen molar-refractivity contribution in [3.63, 3.8) is 0 Å². The van der Waals surface area contributed by atoms with Crippen LogP contribution in [0.2, 0.25) is 0 Å². The van der Waals surface area contributed by atoms with Gasteiger partial charge in [-0.3, -0.25) is 0 Å². The standard InChI is InChI=1S/C20H23N7O3/c1-29-15-7-5-6-14(19(15)30-2)24-20(28)23-13-12-22-17-9-10-18(27-26-17)25-16-8-3-4-11-21-16/h3-11H,12-13H2,1-2H3,(H,22,26)(H,21,25,27)(H2,23,24,28). The zero-order valence-corrected chi connectivity index (χ0v) is 16.7. The van der Waals surface area contributed by atoms with Crippen LogP contribution in [0.15, 0.2) is 54.7 Å². The van der Waals surface area contributed by atoms with Crippen molar-refractivity contribution in [2.75, 3.05) is 43.3 Å². The first kappa shape index (κ1) is 20.6. The van der Waals surface area contributed by atoms with Gasteiger partial charge in [-0.2, -0.15) is 0 Å². The highest BCUT2D eigenvalue weighted by molar-refractivity contribution is 5.91. The molecule has 0 saturated heterocycles. The molecule has 4 N–H and O–H groups in total. The lowest BCUT2D eigenvalue weighted by Gasteiger charge is -2.14. The molecule has 0 saturated carbocycles. The van der Waals surface area contributed by atoms with Gasteiger partial charge in [0.2, 0.25) is 0 Å². The molecule has 0 spiro atoms. The van der Waals surface area contributed by atoms with Gasteiger partial charge in [-0.15, -0.1) is 10.2 Å². The van der Waals surface area contributed by atoms with E-state index in [1.165, 1.54) is 14.2 Å². The Morgan fingerprint density at radius 1 is 0.900 bits per heavy atom. The Bertz CT molecular complexity index is 952. The SMILES string of the molecule is COc1cccc(NC(=O)NCCNc2ccc(Nc3ccccn3)nn2)c1OC. The number of anilines is 4. The molecule has 10 heteroatoms. The van der Waals surface area contributed by atoms with Gasteiger partial charge in [-0.05, 0) is 36.4 Å². The fraction of sp³-hybridized carbons (Fsp3) is 0.200. The zero-order valence-electron chi connectivity index (χ0n) is 16.7. The number of nitrogens with zero attached hydrogens (tertiary/aromatic N) is 3. The van der Waals surface area contributed by atoms with E-state index in [4.69, 9.17) is 9.47 Å². The molecular formula is C20H23N7O3. The smallest absolute Gasteiger partial charge is 0.319 e. The molecule has 0 unspecified atom stereocenters. The first-order valence-corrected chi connectivity index (χ1v) is 9.21. The number of hydrogen-bond donors (Lipinski definition) is 4. The number of carbonyl (C=O) groups is 1. The molecule has 2 aromatic heterocycles. The number of methoxy groups -OCH3 is 2. The van der Waals surface area contributed by atoms with E-state index in [1.54, 1.807) is 36.5 Å². The monoisotopic (exact) mass is 409 g/mol. The molecule has 3 aromatic rings. The summed E-state index contributed by atoms with van der Waals surface area (Å²) in [6, 6.07) is 14.0. The van der Waals surface area contributed by atoms with Gasteiger partial charge in [-0.25, -0.2) is 9.78 Å². The van der Waals surface area contributed by atoms with Crippen molar-refractivity contribution in [3.05, 3.63) is 54.7 Å². The number of nitrogens with one attached hydrogen (secondary N) is 4. The Morgan fingerprint density at radius 2 is 1.73 bits per heavy atom. The summed E-state index contributed by atoms with van der Waals surface area (Å²) in [6.45, 7) is 0.859. The topological polar surface area (TPSA) is 122 Å². The Kier molecular flexibility index (Phi) is 7.20. The van der Waals surface area contributed by atoms with Crippen LogP contribution in [0.25, 0.3) is 0 Å². The Balaban J connectivity index is 1.42. The zero-order chi connectivity index (χ0) is 21.2.